The molecule has 2 N–H and O–H groups in total. The van der Waals surface area contributed by atoms with Crippen molar-refractivity contribution in [3.8, 4) is 0 Å². The summed E-state index contributed by atoms with van der Waals surface area (Å²) >= 11 is 0. The largest absolute Gasteiger partial charge is 0.460 e. The highest BCUT2D eigenvalue weighted by Crippen LogP contribution is 2.63. The Hall–Kier alpha value is -1.09. The molecule has 0 aromatic carbocycles. The summed E-state index contributed by atoms with van der Waals surface area (Å²) in [5, 5.41) is 0. The van der Waals surface area contributed by atoms with Crippen LogP contribution in [0.25, 0.3) is 0 Å². The summed E-state index contributed by atoms with van der Waals surface area (Å²) in [6.07, 6.45) is -7.61. The lowest BCUT2D eigenvalue weighted by atomic mass is 9.84. The zero-order valence-electron chi connectivity index (χ0n) is 12.2. The molecule has 0 aliphatic rings. The summed E-state index contributed by atoms with van der Waals surface area (Å²) in [6.45, 7) is -0.283. The lowest BCUT2D eigenvalue weighted by Gasteiger charge is -2.44. The van der Waals surface area contributed by atoms with Gasteiger partial charge in [-0.2, -0.15) is 65.9 Å². The van der Waals surface area contributed by atoms with Crippen LogP contribution in [0.3, 0.4) is 0 Å². The van der Waals surface area contributed by atoms with E-state index in [0.717, 1.165) is 0 Å². The van der Waals surface area contributed by atoms with E-state index >= 15 is 0 Å². The summed E-state index contributed by atoms with van der Waals surface area (Å²) in [7, 11) is 0. The number of rotatable bonds is 6. The maximum Gasteiger partial charge on any atom is 0.460 e. The van der Waals surface area contributed by atoms with Gasteiger partial charge >= 0.3 is 41.7 Å². The van der Waals surface area contributed by atoms with Crippen molar-refractivity contribution in [2.45, 2.75) is 61.1 Å². The van der Waals surface area contributed by atoms with Gasteiger partial charge in [-0.3, -0.25) is 0 Å². The van der Waals surface area contributed by atoms with Crippen molar-refractivity contribution in [3.63, 3.8) is 0 Å². The van der Waals surface area contributed by atoms with Crippen LogP contribution in [-0.2, 0) is 0 Å². The molecule has 158 valence electrons. The molecule has 0 unspecified atom stereocenters. The number of nitrogens with two attached hydrogens (primary N) is 1. The second-order valence-electron chi connectivity index (χ2n) is 5.67. The Morgan fingerprint density at radius 3 is 0.769 bits per heavy atom. The molecule has 0 radical (unpaired) electrons. The molecule has 0 bridgehead atoms. The van der Waals surface area contributed by atoms with Gasteiger partial charge in [-0.1, -0.05) is 0 Å². The molecule has 0 rings (SSSR count). The first-order chi connectivity index (χ1) is 10.8. The Bertz CT molecular complexity index is 476. The quantitative estimate of drug-likeness (QED) is 0.587. The Kier molecular flexibility index (Phi) is 5.46. The SMILES string of the molecule is CC(C)(N)C(F)(F)C(F)(F)C(F)(F)C(F)(F)C(F)(F)C(F)(F)C(F)(F)F. The maximum atomic E-state index is 13.3. The molecule has 0 aliphatic heterocycles. The number of alkyl halides is 15. The fraction of sp³-hybridized carbons (Fsp3) is 1.00. The molecule has 0 heterocycles. The van der Waals surface area contributed by atoms with E-state index in [1.165, 1.54) is 0 Å². The van der Waals surface area contributed by atoms with Crippen LogP contribution in [0.2, 0.25) is 0 Å². The minimum Gasteiger partial charge on any atom is -0.320 e. The molecule has 16 heteroatoms. The third-order valence-corrected chi connectivity index (χ3v) is 3.14. The van der Waals surface area contributed by atoms with Crippen molar-refractivity contribution in [2.24, 2.45) is 5.73 Å². The molecule has 0 saturated heterocycles. The number of hydrogen-bond donors (Lipinski definition) is 1. The minimum atomic E-state index is -8.28. The molecule has 0 aromatic rings. The van der Waals surface area contributed by atoms with Gasteiger partial charge in [-0.05, 0) is 13.8 Å². The normalized spacial score (nSPS) is 16.8. The van der Waals surface area contributed by atoms with E-state index in [-0.39, 0.29) is 13.8 Å². The number of halogens is 15. The van der Waals surface area contributed by atoms with Crippen molar-refractivity contribution in [1.29, 1.82) is 0 Å². The maximum absolute atomic E-state index is 13.3. The van der Waals surface area contributed by atoms with Crippen LogP contribution < -0.4 is 5.73 Å². The summed E-state index contributed by atoms with van der Waals surface area (Å²) in [6, 6.07) is 0. The fourth-order valence-electron chi connectivity index (χ4n) is 1.37. The van der Waals surface area contributed by atoms with Crippen LogP contribution in [0.15, 0.2) is 0 Å². The standard InChI is InChI=1S/C10H8F15N/c1-3(2,26)4(11,12)5(13,14)6(15,16)7(17,18)8(19,20)9(21,22)10(23,24)25/h26H2,1-2H3. The van der Waals surface area contributed by atoms with Crippen LogP contribution in [-0.4, -0.2) is 47.3 Å². The van der Waals surface area contributed by atoms with Gasteiger partial charge in [0.25, 0.3) is 0 Å². The van der Waals surface area contributed by atoms with Crippen molar-refractivity contribution in [1.82, 2.24) is 0 Å². The summed E-state index contributed by atoms with van der Waals surface area (Å²) < 4.78 is 192. The smallest absolute Gasteiger partial charge is 0.320 e. The summed E-state index contributed by atoms with van der Waals surface area (Å²) in [4.78, 5) is 0. The van der Waals surface area contributed by atoms with Crippen molar-refractivity contribution in [3.05, 3.63) is 0 Å². The average Bonchev–Trinajstić information content (AvgIpc) is 2.34. The second-order valence-corrected chi connectivity index (χ2v) is 5.67. The first kappa shape index (κ1) is 24.9. The monoisotopic (exact) mass is 427 g/mol. The topological polar surface area (TPSA) is 26.0 Å². The van der Waals surface area contributed by atoms with Gasteiger partial charge in [0, 0.05) is 0 Å². The average molecular weight is 427 g/mol. The van der Waals surface area contributed by atoms with Gasteiger partial charge in [0.2, 0.25) is 0 Å². The zero-order chi connectivity index (χ0) is 22.0. The van der Waals surface area contributed by atoms with E-state index in [1.807, 2.05) is 0 Å². The van der Waals surface area contributed by atoms with Gasteiger partial charge < -0.3 is 5.73 Å². The van der Waals surface area contributed by atoms with Crippen LogP contribution >= 0.6 is 0 Å². The highest BCUT2D eigenvalue weighted by atomic mass is 19.4. The van der Waals surface area contributed by atoms with E-state index < -0.39 is 47.3 Å². The van der Waals surface area contributed by atoms with Gasteiger partial charge in [0.05, 0.1) is 5.54 Å². The first-order valence-corrected chi connectivity index (χ1v) is 5.87. The van der Waals surface area contributed by atoms with Crippen LogP contribution in [0.5, 0.6) is 0 Å². The molecule has 0 aliphatic carbocycles. The lowest BCUT2D eigenvalue weighted by molar-refractivity contribution is -0.454. The summed E-state index contributed by atoms with van der Waals surface area (Å²) in [5.41, 5.74) is 0.572. The number of hydrogen-bond acceptors (Lipinski definition) is 1. The fourth-order valence-corrected chi connectivity index (χ4v) is 1.37. The Balaban J connectivity index is 6.61. The Labute approximate surface area is 134 Å². The molecule has 0 aromatic heterocycles. The van der Waals surface area contributed by atoms with Crippen LogP contribution in [0.1, 0.15) is 13.8 Å². The zero-order valence-corrected chi connectivity index (χ0v) is 12.2. The second kappa shape index (κ2) is 5.70. The van der Waals surface area contributed by atoms with Gasteiger partial charge in [-0.15, -0.1) is 0 Å². The van der Waals surface area contributed by atoms with E-state index in [4.69, 9.17) is 0 Å². The molecule has 1 nitrogen and oxygen atoms in total. The van der Waals surface area contributed by atoms with E-state index in [2.05, 4.69) is 5.73 Å². The van der Waals surface area contributed by atoms with Crippen LogP contribution in [0.4, 0.5) is 65.9 Å². The summed E-state index contributed by atoms with van der Waals surface area (Å²) in [5.74, 6) is -46.6. The molecule has 0 fully saturated rings. The van der Waals surface area contributed by atoms with E-state index in [9.17, 15) is 65.9 Å². The van der Waals surface area contributed by atoms with E-state index in [0.29, 0.717) is 0 Å². The predicted molar refractivity (Wildman–Crippen MR) is 54.0 cm³/mol. The van der Waals surface area contributed by atoms with E-state index in [1.54, 1.807) is 0 Å². The molecule has 0 spiro atoms. The highest BCUT2D eigenvalue weighted by molar-refractivity contribution is 5.15. The first-order valence-electron chi connectivity index (χ1n) is 5.87. The Morgan fingerprint density at radius 1 is 0.385 bits per heavy atom. The van der Waals surface area contributed by atoms with Gasteiger partial charge in [-0.25, -0.2) is 0 Å². The van der Waals surface area contributed by atoms with Gasteiger partial charge in [0.15, 0.2) is 0 Å². The minimum absolute atomic E-state index is 0.141. The highest BCUT2D eigenvalue weighted by Gasteiger charge is 2.94. The molecule has 0 amide bonds. The molecule has 0 atom stereocenters. The van der Waals surface area contributed by atoms with Crippen molar-refractivity contribution < 1.29 is 65.9 Å². The van der Waals surface area contributed by atoms with Gasteiger partial charge in [0.1, 0.15) is 0 Å². The predicted octanol–water partition coefficient (Wildman–Crippen LogP) is 5.10. The lowest BCUT2D eigenvalue weighted by Crippen LogP contribution is -2.75. The van der Waals surface area contributed by atoms with Crippen LogP contribution in [0, 0.1) is 0 Å². The molecular weight excluding hydrogens is 419 g/mol. The third-order valence-electron chi connectivity index (χ3n) is 3.14. The molecular formula is C10H8F15N. The third kappa shape index (κ3) is 2.87. The Morgan fingerprint density at radius 2 is 0.577 bits per heavy atom. The molecule has 0 saturated carbocycles. The van der Waals surface area contributed by atoms with Crippen molar-refractivity contribution in [2.75, 3.05) is 0 Å². The molecule has 26 heavy (non-hydrogen) atoms. The van der Waals surface area contributed by atoms with Crippen molar-refractivity contribution >= 4 is 0 Å².